The minimum atomic E-state index is -4.92. The first-order valence-electron chi connectivity index (χ1n) is 32.5. The lowest BCUT2D eigenvalue weighted by Gasteiger charge is -2.21. The first kappa shape index (κ1) is 81.5. The molecule has 0 saturated heterocycles. The number of allylic oxidation sites excluding steroid dienone is 16. The number of rotatable bonds is 61. The summed E-state index contributed by atoms with van der Waals surface area (Å²) in [5.74, 6) is -1.61. The minimum absolute atomic E-state index is 0.0908. The van der Waals surface area contributed by atoms with Gasteiger partial charge in [-0.05, 0) is 109 Å². The lowest BCUT2D eigenvalue weighted by molar-refractivity contribution is -0.161. The maximum Gasteiger partial charge on any atom is 0.472 e. The highest BCUT2D eigenvalue weighted by molar-refractivity contribution is 7.47. The van der Waals surface area contributed by atoms with Gasteiger partial charge in [-0.3, -0.25) is 32.5 Å². The Kier molecular flexibility index (Phi) is 58.2. The summed E-state index contributed by atoms with van der Waals surface area (Å²) in [6, 6.07) is 0. The number of hydrogen-bond acceptors (Lipinski definition) is 14. The molecule has 0 aromatic heterocycles. The number of unbranched alkanes of at least 4 members (excludes halogenated alkanes) is 22. The summed E-state index contributed by atoms with van der Waals surface area (Å²) in [4.78, 5) is 58.1. The second-order valence-electron chi connectivity index (χ2n) is 21.5. The molecule has 5 atom stereocenters. The van der Waals surface area contributed by atoms with Crippen LogP contribution in [0.2, 0.25) is 0 Å². The summed E-state index contributed by atoms with van der Waals surface area (Å²) in [5, 5.41) is 20.5. The van der Waals surface area contributed by atoms with E-state index in [1.165, 1.54) is 38.5 Å². The molecule has 0 bridgehead atoms. The molecule has 0 aromatic rings. The largest absolute Gasteiger partial charge is 0.472 e. The van der Waals surface area contributed by atoms with Gasteiger partial charge in [0.25, 0.3) is 0 Å². The summed E-state index contributed by atoms with van der Waals surface area (Å²) in [5.41, 5.74) is 0. The fourth-order valence-electron chi connectivity index (χ4n) is 8.26. The predicted octanol–water partition coefficient (Wildman–Crippen LogP) is 17.5. The molecule has 85 heavy (non-hydrogen) atoms. The Hall–Kier alpha value is -3.53. The van der Waals surface area contributed by atoms with Crippen molar-refractivity contribution in [1.82, 2.24) is 0 Å². The quantitative estimate of drug-likeness (QED) is 0.0146. The van der Waals surface area contributed by atoms with Gasteiger partial charge in [-0.15, -0.1) is 0 Å². The first-order chi connectivity index (χ1) is 41.2. The molecule has 490 valence electrons. The van der Waals surface area contributed by atoms with Crippen molar-refractivity contribution in [3.05, 3.63) is 97.2 Å². The predicted molar refractivity (Wildman–Crippen MR) is 344 cm³/mol. The normalized spacial score (nSPS) is 15.0. The second kappa shape index (κ2) is 60.7. The molecule has 18 heteroatoms. The van der Waals surface area contributed by atoms with E-state index < -0.39 is 91.5 Å². The van der Waals surface area contributed by atoms with Crippen molar-refractivity contribution < 1.29 is 75.8 Å². The maximum absolute atomic E-state index is 12.8. The van der Waals surface area contributed by atoms with Crippen molar-refractivity contribution in [3.8, 4) is 0 Å². The molecule has 0 radical (unpaired) electrons. The standard InChI is InChI=1S/C67H116O16P2/c1-4-7-10-13-16-19-22-24-25-26-27-28-29-30-31-32-33-34-35-37-40-41-44-47-50-53-65(70)77-56-62(68)57-79-84(73,74)80-58-63(69)59-81-85(75,76)82-61-64(83-67(72)55-52-49-46-43-38-21-18-15-12-9-6-3)60-78-66(71)54-51-48-45-42-39-36-23-20-17-14-11-8-5-2/h7,10-11,14-16,18-20,23-25,27-28,30-31,62-64,68-69H,4-6,8-9,12-13,17,21-22,26,29,32-61H2,1-3H3,(H,73,74)(H,75,76)/b10-7-,14-11-,18-15-,19-16-,23-20-,25-24-,28-27-,31-30-. The molecule has 0 aliphatic heterocycles. The van der Waals surface area contributed by atoms with E-state index >= 15 is 0 Å². The van der Waals surface area contributed by atoms with Crippen LogP contribution in [0.15, 0.2) is 97.2 Å². The highest BCUT2D eigenvalue weighted by Gasteiger charge is 2.29. The number of carbonyl (C=O) groups excluding carboxylic acids is 3. The topological polar surface area (TPSA) is 231 Å². The fourth-order valence-corrected chi connectivity index (χ4v) is 9.85. The van der Waals surface area contributed by atoms with Crippen molar-refractivity contribution in [2.75, 3.05) is 39.6 Å². The van der Waals surface area contributed by atoms with Crippen LogP contribution in [0.3, 0.4) is 0 Å². The van der Waals surface area contributed by atoms with E-state index in [0.29, 0.717) is 19.3 Å². The van der Waals surface area contributed by atoms with E-state index in [1.807, 2.05) is 0 Å². The maximum atomic E-state index is 12.8. The summed E-state index contributed by atoms with van der Waals surface area (Å²) in [6.07, 6.45) is 64.8. The Morgan fingerprint density at radius 1 is 0.341 bits per heavy atom. The molecule has 0 saturated carbocycles. The first-order valence-corrected chi connectivity index (χ1v) is 35.5. The number of ether oxygens (including phenoxy) is 3. The van der Waals surface area contributed by atoms with Gasteiger partial charge in [0.05, 0.1) is 26.4 Å². The second-order valence-corrected chi connectivity index (χ2v) is 24.4. The van der Waals surface area contributed by atoms with Crippen molar-refractivity contribution >= 4 is 33.6 Å². The van der Waals surface area contributed by atoms with Crippen LogP contribution in [0.1, 0.15) is 252 Å². The number of aliphatic hydroxyl groups excluding tert-OH is 2. The van der Waals surface area contributed by atoms with E-state index in [1.54, 1.807) is 0 Å². The molecule has 5 unspecified atom stereocenters. The number of carbonyl (C=O) groups is 3. The van der Waals surface area contributed by atoms with Crippen LogP contribution in [0.5, 0.6) is 0 Å². The average Bonchev–Trinajstić information content (AvgIpc) is 3.60. The van der Waals surface area contributed by atoms with Gasteiger partial charge in [-0.2, -0.15) is 0 Å². The number of phosphoric acid groups is 2. The molecule has 0 amide bonds. The molecular formula is C67H116O16P2. The molecule has 0 aromatic carbocycles. The Labute approximate surface area is 514 Å². The zero-order chi connectivity index (χ0) is 62.4. The number of phosphoric ester groups is 2. The SMILES string of the molecule is CC/C=C\C/C=C\C/C=C\C/C=C\C/C=C\CCCCCCCCCCCC(=O)OCC(O)COP(=O)(O)OCC(O)COP(=O)(O)OCC(COC(=O)CCCCCCC/C=C\C/C=C\CCC)OC(=O)CCCCCCC/C=C\CCCC. The molecule has 0 fully saturated rings. The third-order valence-electron chi connectivity index (χ3n) is 13.2. The summed E-state index contributed by atoms with van der Waals surface area (Å²) in [6.45, 7) is 2.39. The lowest BCUT2D eigenvalue weighted by atomic mass is 10.1. The molecule has 0 aliphatic rings. The molecule has 4 N–H and O–H groups in total. The van der Waals surface area contributed by atoms with E-state index in [-0.39, 0.29) is 19.3 Å². The highest BCUT2D eigenvalue weighted by Crippen LogP contribution is 2.45. The van der Waals surface area contributed by atoms with Crippen LogP contribution in [-0.2, 0) is 55.8 Å². The average molecular weight is 1240 g/mol. The molecule has 0 rings (SSSR count). The Morgan fingerprint density at radius 2 is 0.647 bits per heavy atom. The van der Waals surface area contributed by atoms with E-state index in [0.717, 1.165) is 154 Å². The summed E-state index contributed by atoms with van der Waals surface area (Å²) >= 11 is 0. The smallest absolute Gasteiger partial charge is 0.463 e. The van der Waals surface area contributed by atoms with E-state index in [2.05, 4.69) is 118 Å². The number of hydrogen-bond donors (Lipinski definition) is 4. The Bertz CT molecular complexity index is 1940. The van der Waals surface area contributed by atoms with Crippen LogP contribution in [0.4, 0.5) is 0 Å². The van der Waals surface area contributed by atoms with Crippen molar-refractivity contribution in [2.45, 2.75) is 270 Å². The van der Waals surface area contributed by atoms with Crippen molar-refractivity contribution in [3.63, 3.8) is 0 Å². The number of esters is 3. The summed E-state index contributed by atoms with van der Waals surface area (Å²) < 4.78 is 60.6. The van der Waals surface area contributed by atoms with Crippen molar-refractivity contribution in [1.29, 1.82) is 0 Å². The van der Waals surface area contributed by atoms with Crippen LogP contribution >= 0.6 is 15.6 Å². The van der Waals surface area contributed by atoms with Crippen LogP contribution < -0.4 is 0 Å². The molecule has 16 nitrogen and oxygen atoms in total. The summed E-state index contributed by atoms with van der Waals surface area (Å²) in [7, 11) is -9.77. The van der Waals surface area contributed by atoms with Gasteiger partial charge in [-0.1, -0.05) is 221 Å². The van der Waals surface area contributed by atoms with Gasteiger partial charge in [0.15, 0.2) is 6.10 Å². The van der Waals surface area contributed by atoms with E-state index in [4.69, 9.17) is 32.3 Å². The Balaban J connectivity index is 4.49. The van der Waals surface area contributed by atoms with Gasteiger partial charge in [0, 0.05) is 19.3 Å². The zero-order valence-corrected chi connectivity index (χ0v) is 54.5. The molecular weight excluding hydrogens is 1120 g/mol. The van der Waals surface area contributed by atoms with Gasteiger partial charge < -0.3 is 34.2 Å². The third-order valence-corrected chi connectivity index (χ3v) is 15.1. The fraction of sp³-hybridized carbons (Fsp3) is 0.716. The van der Waals surface area contributed by atoms with Gasteiger partial charge in [-0.25, -0.2) is 9.13 Å². The van der Waals surface area contributed by atoms with Crippen LogP contribution in [0.25, 0.3) is 0 Å². The third kappa shape index (κ3) is 61.9. The van der Waals surface area contributed by atoms with Crippen LogP contribution in [0, 0.1) is 0 Å². The zero-order valence-electron chi connectivity index (χ0n) is 52.8. The van der Waals surface area contributed by atoms with Crippen LogP contribution in [-0.4, -0.2) is 95.9 Å². The molecule has 0 spiro atoms. The minimum Gasteiger partial charge on any atom is -0.463 e. The molecule has 0 heterocycles. The lowest BCUT2D eigenvalue weighted by Crippen LogP contribution is -2.30. The molecule has 0 aliphatic carbocycles. The van der Waals surface area contributed by atoms with Crippen molar-refractivity contribution in [2.24, 2.45) is 0 Å². The van der Waals surface area contributed by atoms with Gasteiger partial charge in [0.1, 0.15) is 25.4 Å². The van der Waals surface area contributed by atoms with E-state index in [9.17, 15) is 43.5 Å². The van der Waals surface area contributed by atoms with Gasteiger partial charge >= 0.3 is 33.6 Å². The number of aliphatic hydroxyl groups is 2. The highest BCUT2D eigenvalue weighted by atomic mass is 31.2. The Morgan fingerprint density at radius 3 is 1.05 bits per heavy atom. The monoisotopic (exact) mass is 1240 g/mol. The van der Waals surface area contributed by atoms with Gasteiger partial charge in [0.2, 0.25) is 0 Å².